The lowest BCUT2D eigenvalue weighted by atomic mass is 10.1. The Hall–Kier alpha value is -3.06. The van der Waals surface area contributed by atoms with Crippen molar-refractivity contribution in [3.8, 4) is 0 Å². The molecule has 0 bridgehead atoms. The molecule has 2 atom stereocenters. The highest BCUT2D eigenvalue weighted by molar-refractivity contribution is 6.06. The number of aliphatic hydroxyl groups excluding tert-OH is 1. The van der Waals surface area contributed by atoms with Gasteiger partial charge in [0.2, 0.25) is 5.91 Å². The van der Waals surface area contributed by atoms with E-state index >= 15 is 0 Å². The molecule has 0 unspecified atom stereocenters. The van der Waals surface area contributed by atoms with Crippen LogP contribution >= 0.6 is 0 Å². The summed E-state index contributed by atoms with van der Waals surface area (Å²) < 4.78 is 11.1. The molecule has 1 saturated heterocycles. The molecule has 0 radical (unpaired) electrons. The average molecular weight is 396 g/mol. The Morgan fingerprint density at radius 1 is 1.21 bits per heavy atom. The minimum absolute atomic E-state index is 0.0810. The Morgan fingerprint density at radius 3 is 2.76 bits per heavy atom. The third-order valence-corrected chi connectivity index (χ3v) is 5.00. The van der Waals surface area contributed by atoms with E-state index in [4.69, 9.17) is 9.15 Å². The molecule has 2 aromatic carbocycles. The van der Waals surface area contributed by atoms with Crippen molar-refractivity contribution in [2.24, 2.45) is 5.92 Å². The van der Waals surface area contributed by atoms with E-state index in [2.05, 4.69) is 5.32 Å². The summed E-state index contributed by atoms with van der Waals surface area (Å²) in [6, 6.07) is 12.4. The Labute approximate surface area is 168 Å². The molecule has 0 aliphatic carbocycles. The molecule has 1 aromatic heterocycles. The summed E-state index contributed by atoms with van der Waals surface area (Å²) in [5.41, 5.74) is 2.02. The van der Waals surface area contributed by atoms with Crippen molar-refractivity contribution in [1.82, 2.24) is 4.90 Å². The van der Waals surface area contributed by atoms with Crippen LogP contribution in [0.4, 0.5) is 10.5 Å². The lowest BCUT2D eigenvalue weighted by Gasteiger charge is -2.23. The fraction of sp³-hybridized carbons (Fsp3) is 0.364. The number of likely N-dealkylation sites (tertiary alicyclic amines) is 1. The fourth-order valence-electron chi connectivity index (χ4n) is 3.61. The normalized spacial score (nSPS) is 19.2. The van der Waals surface area contributed by atoms with Gasteiger partial charge in [0.05, 0.1) is 19.3 Å². The van der Waals surface area contributed by atoms with E-state index in [9.17, 15) is 14.7 Å². The Morgan fingerprint density at radius 2 is 1.97 bits per heavy atom. The second-order valence-electron chi connectivity index (χ2n) is 7.83. The first-order valence-corrected chi connectivity index (χ1v) is 9.76. The van der Waals surface area contributed by atoms with Gasteiger partial charge in [-0.2, -0.15) is 0 Å². The van der Waals surface area contributed by atoms with Crippen LogP contribution in [-0.4, -0.2) is 47.3 Å². The zero-order chi connectivity index (χ0) is 20.5. The number of anilines is 1. The minimum Gasteiger partial charge on any atom is -0.456 e. The molecule has 152 valence electrons. The highest BCUT2D eigenvalue weighted by atomic mass is 16.6. The zero-order valence-corrected chi connectivity index (χ0v) is 16.4. The second kappa shape index (κ2) is 7.75. The summed E-state index contributed by atoms with van der Waals surface area (Å²) in [5.74, 6) is -0.173. The number of hydrogen-bond donors (Lipinski definition) is 2. The van der Waals surface area contributed by atoms with E-state index in [0.717, 1.165) is 16.4 Å². The van der Waals surface area contributed by atoms with Crippen LogP contribution in [0.2, 0.25) is 0 Å². The molecule has 2 N–H and O–H groups in total. The first kappa shape index (κ1) is 19.3. The third kappa shape index (κ3) is 3.91. The summed E-state index contributed by atoms with van der Waals surface area (Å²) >= 11 is 0. The largest absolute Gasteiger partial charge is 0.456 e. The number of nitrogens with zero attached hydrogens (tertiary/aromatic N) is 1. The van der Waals surface area contributed by atoms with Gasteiger partial charge < -0.3 is 19.6 Å². The maximum absolute atomic E-state index is 12.8. The molecule has 7 nitrogen and oxygen atoms in total. The van der Waals surface area contributed by atoms with Crippen molar-refractivity contribution >= 4 is 39.6 Å². The molecule has 1 aliphatic rings. The first-order valence-electron chi connectivity index (χ1n) is 9.76. The Balaban J connectivity index is 1.51. The Kier molecular flexibility index (Phi) is 5.15. The smallest absolute Gasteiger partial charge is 0.410 e. The van der Waals surface area contributed by atoms with Gasteiger partial charge in [-0.05, 0) is 24.1 Å². The summed E-state index contributed by atoms with van der Waals surface area (Å²) in [6.45, 7) is 4.22. The monoisotopic (exact) mass is 396 g/mol. The summed E-state index contributed by atoms with van der Waals surface area (Å²) in [7, 11) is 0. The lowest BCUT2D eigenvalue weighted by molar-refractivity contribution is -0.120. The number of benzene rings is 2. The number of aliphatic hydroxyl groups is 1. The van der Waals surface area contributed by atoms with Gasteiger partial charge in [0, 0.05) is 28.9 Å². The van der Waals surface area contributed by atoms with Gasteiger partial charge in [0.15, 0.2) is 0 Å². The van der Waals surface area contributed by atoms with Crippen LogP contribution in [0.25, 0.3) is 21.9 Å². The number of carbonyl (C=O) groups is 2. The van der Waals surface area contributed by atoms with Gasteiger partial charge in [0.25, 0.3) is 0 Å². The molecule has 0 spiro atoms. The van der Waals surface area contributed by atoms with Crippen molar-refractivity contribution < 1.29 is 23.8 Å². The average Bonchev–Trinajstić information content (AvgIpc) is 3.26. The highest BCUT2D eigenvalue weighted by Crippen LogP contribution is 2.30. The molecule has 1 fully saturated rings. The van der Waals surface area contributed by atoms with E-state index in [1.54, 1.807) is 12.1 Å². The van der Waals surface area contributed by atoms with Crippen LogP contribution in [-0.2, 0) is 9.53 Å². The minimum atomic E-state index is -0.781. The lowest BCUT2D eigenvalue weighted by Crippen LogP contribution is -2.43. The molecule has 1 aliphatic heterocycles. The van der Waals surface area contributed by atoms with Crippen molar-refractivity contribution in [3.05, 3.63) is 42.5 Å². The molecule has 4 rings (SSSR count). The standard InChI is InChI=1S/C22H24N2O5/c1-13(2)12-28-22(27)24-11-15(25)10-18(24)21(26)23-14-7-8-17-16-5-3-4-6-19(16)29-20(17)9-14/h3-9,13,15,18,25H,10-12H2,1-2H3,(H,23,26)/t15-,18+/m0/s1. The van der Waals surface area contributed by atoms with E-state index in [-0.39, 0.29) is 31.4 Å². The van der Waals surface area contributed by atoms with Crippen LogP contribution in [0.15, 0.2) is 46.9 Å². The van der Waals surface area contributed by atoms with Crippen LogP contribution in [0.1, 0.15) is 20.3 Å². The fourth-order valence-corrected chi connectivity index (χ4v) is 3.61. The zero-order valence-electron chi connectivity index (χ0n) is 16.4. The van der Waals surface area contributed by atoms with Crippen molar-refractivity contribution in [2.45, 2.75) is 32.4 Å². The molecule has 2 heterocycles. The maximum Gasteiger partial charge on any atom is 0.410 e. The number of amides is 2. The van der Waals surface area contributed by atoms with Gasteiger partial charge in [-0.25, -0.2) is 4.79 Å². The van der Waals surface area contributed by atoms with Crippen LogP contribution < -0.4 is 5.32 Å². The highest BCUT2D eigenvalue weighted by Gasteiger charge is 2.40. The van der Waals surface area contributed by atoms with Crippen LogP contribution in [0.5, 0.6) is 0 Å². The SMILES string of the molecule is CC(C)COC(=O)N1C[C@@H](O)C[C@@H]1C(=O)Nc1ccc2c(c1)oc1ccccc12. The van der Waals surface area contributed by atoms with Crippen molar-refractivity contribution in [2.75, 3.05) is 18.5 Å². The van der Waals surface area contributed by atoms with E-state index < -0.39 is 18.2 Å². The molecule has 29 heavy (non-hydrogen) atoms. The van der Waals surface area contributed by atoms with Crippen molar-refractivity contribution in [1.29, 1.82) is 0 Å². The molecule has 0 saturated carbocycles. The van der Waals surface area contributed by atoms with E-state index in [1.165, 1.54) is 4.90 Å². The molecule has 2 amide bonds. The predicted molar refractivity (Wildman–Crippen MR) is 110 cm³/mol. The number of carbonyl (C=O) groups excluding carboxylic acids is 2. The van der Waals surface area contributed by atoms with Gasteiger partial charge in [-0.1, -0.05) is 32.0 Å². The number of rotatable bonds is 4. The maximum atomic E-state index is 12.8. The third-order valence-electron chi connectivity index (χ3n) is 5.00. The van der Waals surface area contributed by atoms with E-state index in [0.29, 0.717) is 11.3 Å². The molecule has 7 heteroatoms. The van der Waals surface area contributed by atoms with Crippen LogP contribution in [0.3, 0.4) is 0 Å². The number of para-hydroxylation sites is 1. The summed E-state index contributed by atoms with van der Waals surface area (Å²) in [5, 5.41) is 14.8. The predicted octanol–water partition coefficient (Wildman–Crippen LogP) is 3.75. The number of fused-ring (bicyclic) bond motifs is 3. The van der Waals surface area contributed by atoms with E-state index in [1.807, 2.05) is 44.2 Å². The van der Waals surface area contributed by atoms with Gasteiger partial charge in [-0.15, -0.1) is 0 Å². The molecular weight excluding hydrogens is 372 g/mol. The number of hydrogen-bond acceptors (Lipinski definition) is 5. The number of nitrogens with one attached hydrogen (secondary N) is 1. The van der Waals surface area contributed by atoms with Crippen molar-refractivity contribution in [3.63, 3.8) is 0 Å². The molecular formula is C22H24N2O5. The van der Waals surface area contributed by atoms with Gasteiger partial charge >= 0.3 is 6.09 Å². The second-order valence-corrected chi connectivity index (χ2v) is 7.83. The summed E-state index contributed by atoms with van der Waals surface area (Å²) in [4.78, 5) is 26.4. The first-order chi connectivity index (χ1) is 13.9. The Bertz CT molecular complexity index is 1060. The quantitative estimate of drug-likeness (QED) is 0.701. The van der Waals surface area contributed by atoms with Crippen LogP contribution in [0, 0.1) is 5.92 Å². The number of furan rings is 1. The van der Waals surface area contributed by atoms with Gasteiger partial charge in [-0.3, -0.25) is 9.69 Å². The summed E-state index contributed by atoms with van der Waals surface area (Å²) in [6.07, 6.45) is -1.16. The van der Waals surface area contributed by atoms with Gasteiger partial charge in [0.1, 0.15) is 17.2 Å². The number of ether oxygens (including phenoxy) is 1. The topological polar surface area (TPSA) is 92.0 Å². The molecule has 3 aromatic rings. The number of β-amino-alcohol motifs (C(OH)–C–C–N with tert-alkyl or cyclic N) is 1.